The molecule has 1 amide bonds. The molecule has 0 aliphatic carbocycles. The van der Waals surface area contributed by atoms with E-state index in [0.29, 0.717) is 23.7 Å². The Kier molecular flexibility index (Phi) is 6.05. The second-order valence-corrected chi connectivity index (χ2v) is 9.12. The van der Waals surface area contributed by atoms with Gasteiger partial charge in [-0.15, -0.1) is 5.10 Å². The lowest BCUT2D eigenvalue weighted by molar-refractivity contribution is -0.125. The molecule has 2 aromatic heterocycles. The molecule has 0 saturated carbocycles. The zero-order valence-electron chi connectivity index (χ0n) is 16.7. The molecule has 0 radical (unpaired) electrons. The first-order valence-corrected chi connectivity index (χ1v) is 11.3. The van der Waals surface area contributed by atoms with Gasteiger partial charge in [0.1, 0.15) is 5.75 Å². The average molecular weight is 492 g/mol. The lowest BCUT2D eigenvalue weighted by Gasteiger charge is -2.31. The van der Waals surface area contributed by atoms with Gasteiger partial charge in [-0.05, 0) is 38.0 Å². The number of methoxy groups -OCH3 is 1. The molecule has 10 heteroatoms. The van der Waals surface area contributed by atoms with Crippen molar-refractivity contribution in [3.05, 3.63) is 50.3 Å². The van der Waals surface area contributed by atoms with Gasteiger partial charge in [0.15, 0.2) is 0 Å². The van der Waals surface area contributed by atoms with E-state index in [9.17, 15) is 9.59 Å². The first-order valence-electron chi connectivity index (χ1n) is 9.67. The maximum Gasteiger partial charge on any atom is 0.275 e. The maximum atomic E-state index is 12.8. The van der Waals surface area contributed by atoms with Crippen LogP contribution in [0, 0.1) is 12.8 Å². The van der Waals surface area contributed by atoms with Crippen molar-refractivity contribution in [1.82, 2.24) is 19.9 Å². The van der Waals surface area contributed by atoms with E-state index in [2.05, 4.69) is 36.2 Å². The molecule has 1 N–H and O–H groups in total. The van der Waals surface area contributed by atoms with E-state index in [1.807, 2.05) is 18.2 Å². The molecule has 8 nitrogen and oxygen atoms in total. The molecule has 3 heterocycles. The van der Waals surface area contributed by atoms with Crippen LogP contribution in [0.3, 0.4) is 0 Å². The second-order valence-electron chi connectivity index (χ2n) is 7.27. The Hall–Kier alpha value is -2.46. The lowest BCUT2D eigenvalue weighted by atomic mass is 9.97. The SMILES string of the molecule is COc1ccc(Br)cc1CNC(=O)[C@@H]1CCCN(c2nn3c(=O)cc(C)nc3s2)C1. The number of carbonyl (C=O) groups is 1. The predicted molar refractivity (Wildman–Crippen MR) is 119 cm³/mol. The van der Waals surface area contributed by atoms with Gasteiger partial charge in [0, 0.05) is 41.4 Å². The summed E-state index contributed by atoms with van der Waals surface area (Å²) in [4.78, 5) is 32.0. The van der Waals surface area contributed by atoms with Crippen LogP contribution >= 0.6 is 27.3 Å². The van der Waals surface area contributed by atoms with Crippen molar-refractivity contribution in [2.75, 3.05) is 25.1 Å². The number of nitrogens with zero attached hydrogens (tertiary/aromatic N) is 4. The van der Waals surface area contributed by atoms with E-state index in [-0.39, 0.29) is 17.4 Å². The minimum Gasteiger partial charge on any atom is -0.496 e. The number of anilines is 1. The number of rotatable bonds is 5. The van der Waals surface area contributed by atoms with Gasteiger partial charge in [-0.25, -0.2) is 4.98 Å². The number of nitrogens with one attached hydrogen (secondary N) is 1. The largest absolute Gasteiger partial charge is 0.496 e. The molecular weight excluding hydrogens is 470 g/mol. The minimum absolute atomic E-state index is 0.00831. The van der Waals surface area contributed by atoms with Crippen molar-refractivity contribution in [1.29, 1.82) is 0 Å². The van der Waals surface area contributed by atoms with Gasteiger partial charge in [0.2, 0.25) is 16.0 Å². The molecule has 1 aliphatic heterocycles. The summed E-state index contributed by atoms with van der Waals surface area (Å²) in [5.41, 5.74) is 1.41. The molecule has 3 aromatic rings. The number of aromatic nitrogens is 3. The number of halogens is 1. The summed E-state index contributed by atoms with van der Waals surface area (Å²) < 4.78 is 7.64. The number of piperidine rings is 1. The zero-order valence-corrected chi connectivity index (χ0v) is 19.1. The molecule has 4 rings (SSSR count). The third-order valence-corrected chi connectivity index (χ3v) is 6.58. The highest BCUT2D eigenvalue weighted by atomic mass is 79.9. The maximum absolute atomic E-state index is 12.8. The third kappa shape index (κ3) is 4.34. The van der Waals surface area contributed by atoms with Crippen LogP contribution in [0.15, 0.2) is 33.5 Å². The van der Waals surface area contributed by atoms with Crippen LogP contribution in [0.4, 0.5) is 5.13 Å². The summed E-state index contributed by atoms with van der Waals surface area (Å²) in [5.74, 6) is 0.607. The van der Waals surface area contributed by atoms with Gasteiger partial charge < -0.3 is 15.0 Å². The standard InChI is InChI=1S/C20H22BrN5O3S/c1-12-8-17(27)26-19(23-12)30-20(24-26)25-7-3-4-13(11-25)18(28)22-10-14-9-15(21)5-6-16(14)29-2/h5-6,8-9,13H,3-4,7,10-11H2,1-2H3,(H,22,28)/t13-/m1/s1. The van der Waals surface area contributed by atoms with E-state index in [1.165, 1.54) is 21.9 Å². The van der Waals surface area contributed by atoms with Gasteiger partial charge in [-0.3, -0.25) is 9.59 Å². The Labute approximate surface area is 186 Å². The Morgan fingerprint density at radius 1 is 1.40 bits per heavy atom. The summed E-state index contributed by atoms with van der Waals surface area (Å²) >= 11 is 4.83. The molecule has 0 bridgehead atoms. The summed E-state index contributed by atoms with van der Waals surface area (Å²) in [5, 5.41) is 8.18. The van der Waals surface area contributed by atoms with Crippen molar-refractivity contribution >= 4 is 43.3 Å². The zero-order chi connectivity index (χ0) is 21.3. The number of ether oxygens (including phenoxy) is 1. The van der Waals surface area contributed by atoms with E-state index in [4.69, 9.17) is 4.74 Å². The van der Waals surface area contributed by atoms with Crippen LogP contribution in [-0.4, -0.2) is 40.7 Å². The molecule has 0 spiro atoms. The minimum atomic E-state index is -0.186. The molecular formula is C20H22BrN5O3S. The third-order valence-electron chi connectivity index (χ3n) is 5.12. The molecule has 1 saturated heterocycles. The van der Waals surface area contributed by atoms with Crippen LogP contribution in [-0.2, 0) is 11.3 Å². The number of hydrogen-bond donors (Lipinski definition) is 1. The first-order chi connectivity index (χ1) is 14.4. The van der Waals surface area contributed by atoms with E-state index >= 15 is 0 Å². The van der Waals surface area contributed by atoms with Crippen molar-refractivity contribution in [2.24, 2.45) is 5.92 Å². The molecule has 30 heavy (non-hydrogen) atoms. The second kappa shape index (κ2) is 8.73. The smallest absolute Gasteiger partial charge is 0.275 e. The van der Waals surface area contributed by atoms with Gasteiger partial charge >= 0.3 is 0 Å². The first kappa shape index (κ1) is 20.8. The Balaban J connectivity index is 1.45. The van der Waals surface area contributed by atoms with Crippen molar-refractivity contribution < 1.29 is 9.53 Å². The van der Waals surface area contributed by atoms with Crippen molar-refractivity contribution in [3.63, 3.8) is 0 Å². The Morgan fingerprint density at radius 3 is 3.03 bits per heavy atom. The normalized spacial score (nSPS) is 16.6. The summed E-state index contributed by atoms with van der Waals surface area (Å²) in [6.07, 6.45) is 1.70. The van der Waals surface area contributed by atoms with E-state index in [0.717, 1.165) is 40.3 Å². The number of hydrogen-bond acceptors (Lipinski definition) is 7. The van der Waals surface area contributed by atoms with Crippen LogP contribution in [0.2, 0.25) is 0 Å². The number of fused-ring (bicyclic) bond motifs is 1. The van der Waals surface area contributed by atoms with Gasteiger partial charge in [0.25, 0.3) is 5.56 Å². The highest BCUT2D eigenvalue weighted by Gasteiger charge is 2.28. The Morgan fingerprint density at radius 2 is 2.23 bits per heavy atom. The molecule has 1 atom stereocenters. The Bertz CT molecular complexity index is 1150. The van der Waals surface area contributed by atoms with Crippen LogP contribution in [0.25, 0.3) is 4.96 Å². The van der Waals surface area contributed by atoms with Crippen molar-refractivity contribution in [3.8, 4) is 5.75 Å². The summed E-state index contributed by atoms with van der Waals surface area (Å²) in [6.45, 7) is 3.56. The summed E-state index contributed by atoms with van der Waals surface area (Å²) in [6, 6.07) is 7.20. The fourth-order valence-corrected chi connectivity index (χ4v) is 5.01. The van der Waals surface area contributed by atoms with Crippen LogP contribution in [0.1, 0.15) is 24.1 Å². The molecule has 1 aliphatic rings. The highest BCUT2D eigenvalue weighted by molar-refractivity contribution is 9.10. The molecule has 0 unspecified atom stereocenters. The predicted octanol–water partition coefficient (Wildman–Crippen LogP) is 2.76. The molecule has 158 valence electrons. The van der Waals surface area contributed by atoms with Gasteiger partial charge in [-0.2, -0.15) is 4.52 Å². The van der Waals surface area contributed by atoms with E-state index in [1.54, 1.807) is 14.0 Å². The fourth-order valence-electron chi connectivity index (χ4n) is 3.61. The average Bonchev–Trinajstić information content (AvgIpc) is 3.16. The number of aryl methyl sites for hydroxylation is 1. The topological polar surface area (TPSA) is 88.8 Å². The lowest BCUT2D eigenvalue weighted by Crippen LogP contribution is -2.43. The fraction of sp³-hybridized carbons (Fsp3) is 0.400. The summed E-state index contributed by atoms with van der Waals surface area (Å²) in [7, 11) is 1.62. The quantitative estimate of drug-likeness (QED) is 0.590. The van der Waals surface area contributed by atoms with Gasteiger partial charge in [-0.1, -0.05) is 27.3 Å². The number of carbonyl (C=O) groups excluding carboxylic acids is 1. The molecule has 1 fully saturated rings. The van der Waals surface area contributed by atoms with Gasteiger partial charge in [0.05, 0.1) is 13.0 Å². The van der Waals surface area contributed by atoms with Crippen molar-refractivity contribution in [2.45, 2.75) is 26.3 Å². The van der Waals surface area contributed by atoms with Crippen LogP contribution < -0.4 is 20.5 Å². The number of amides is 1. The molecule has 1 aromatic carbocycles. The van der Waals surface area contributed by atoms with Crippen LogP contribution in [0.5, 0.6) is 5.75 Å². The van der Waals surface area contributed by atoms with E-state index < -0.39 is 0 Å². The highest BCUT2D eigenvalue weighted by Crippen LogP contribution is 2.27. The monoisotopic (exact) mass is 491 g/mol. The number of benzene rings is 1.